The van der Waals surface area contributed by atoms with E-state index in [0.717, 1.165) is 41.8 Å². The molecule has 1 atom stereocenters. The highest BCUT2D eigenvalue weighted by Crippen LogP contribution is 2.44. The van der Waals surface area contributed by atoms with Crippen LogP contribution in [0.4, 0.5) is 0 Å². The molecule has 35 heavy (non-hydrogen) atoms. The summed E-state index contributed by atoms with van der Waals surface area (Å²) in [5.41, 5.74) is 4.65. The lowest BCUT2D eigenvalue weighted by molar-refractivity contribution is -0.139. The first-order valence-corrected chi connectivity index (χ1v) is 12.3. The van der Waals surface area contributed by atoms with Crippen molar-refractivity contribution in [1.29, 1.82) is 0 Å². The Hall–Kier alpha value is -3.54. The number of esters is 1. The molecule has 1 aliphatic heterocycles. The summed E-state index contributed by atoms with van der Waals surface area (Å²) in [6, 6.07) is 15.6. The first kappa shape index (κ1) is 24.6. The summed E-state index contributed by atoms with van der Waals surface area (Å²) in [5.74, 6) is 0.359. The molecule has 2 aliphatic rings. The molecule has 0 spiro atoms. The van der Waals surface area contributed by atoms with Crippen molar-refractivity contribution in [2.75, 3.05) is 20.3 Å². The van der Waals surface area contributed by atoms with Gasteiger partial charge >= 0.3 is 5.97 Å². The highest BCUT2D eigenvalue weighted by atomic mass is 16.5. The third-order valence-corrected chi connectivity index (χ3v) is 6.45. The van der Waals surface area contributed by atoms with Crippen LogP contribution in [-0.2, 0) is 20.7 Å². The first-order chi connectivity index (χ1) is 17.0. The number of carbonyl (C=O) groups is 2. The number of nitrogens with one attached hydrogen (secondary N) is 1. The molecule has 1 heterocycles. The van der Waals surface area contributed by atoms with E-state index >= 15 is 0 Å². The molecule has 0 saturated heterocycles. The number of carbonyl (C=O) groups excluding carboxylic acids is 2. The minimum absolute atomic E-state index is 0.0658. The van der Waals surface area contributed by atoms with Crippen molar-refractivity contribution >= 4 is 11.8 Å². The summed E-state index contributed by atoms with van der Waals surface area (Å²) in [6.07, 6.45) is 3.56. The summed E-state index contributed by atoms with van der Waals surface area (Å²) in [4.78, 5) is 26.5. The number of hydrogen-bond acceptors (Lipinski definition) is 6. The Balaban J connectivity index is 1.67. The number of rotatable bonds is 9. The lowest BCUT2D eigenvalue weighted by Gasteiger charge is -2.34. The van der Waals surface area contributed by atoms with Crippen LogP contribution >= 0.6 is 0 Å². The average molecular weight is 476 g/mol. The molecule has 184 valence electrons. The number of hydrogen-bond donors (Lipinski definition) is 1. The summed E-state index contributed by atoms with van der Waals surface area (Å²) in [6.45, 7) is 4.76. The van der Waals surface area contributed by atoms with Gasteiger partial charge in [0.05, 0.1) is 25.9 Å². The van der Waals surface area contributed by atoms with E-state index in [2.05, 4.69) is 5.32 Å². The molecule has 0 saturated carbocycles. The standard InChI is InChI=1S/C29H33NO5/c1-4-16-34-24-14-13-21(18-25(24)33-3)27-26(19(2)30-22-11-8-12-23(31)28(22)27)29(32)35-17-15-20-9-6-5-7-10-20/h5-7,9-10,13-14,18,27,30H,4,8,11-12,15-17H2,1-3H3/t27-/m0/s1. The van der Waals surface area contributed by atoms with Gasteiger partial charge in [0.1, 0.15) is 0 Å². The van der Waals surface area contributed by atoms with Crippen molar-refractivity contribution in [3.05, 3.63) is 82.2 Å². The van der Waals surface area contributed by atoms with Crippen LogP contribution < -0.4 is 14.8 Å². The van der Waals surface area contributed by atoms with Crippen LogP contribution in [-0.4, -0.2) is 32.1 Å². The van der Waals surface area contributed by atoms with Crippen LogP contribution in [0.1, 0.15) is 56.6 Å². The zero-order valence-electron chi connectivity index (χ0n) is 20.7. The summed E-state index contributed by atoms with van der Waals surface area (Å²) >= 11 is 0. The number of ether oxygens (including phenoxy) is 3. The molecular formula is C29H33NO5. The second kappa shape index (κ2) is 11.3. The van der Waals surface area contributed by atoms with Crippen molar-refractivity contribution in [2.24, 2.45) is 0 Å². The minimum atomic E-state index is -0.516. The van der Waals surface area contributed by atoms with Gasteiger partial charge in [-0.2, -0.15) is 0 Å². The highest BCUT2D eigenvalue weighted by Gasteiger charge is 2.39. The predicted molar refractivity (Wildman–Crippen MR) is 134 cm³/mol. The fraction of sp³-hybridized carbons (Fsp3) is 0.379. The third kappa shape index (κ3) is 5.42. The quantitative estimate of drug-likeness (QED) is 0.500. The van der Waals surface area contributed by atoms with Gasteiger partial charge in [0.15, 0.2) is 17.3 Å². The molecule has 1 N–H and O–H groups in total. The van der Waals surface area contributed by atoms with E-state index in [0.29, 0.717) is 42.1 Å². The minimum Gasteiger partial charge on any atom is -0.493 e. The van der Waals surface area contributed by atoms with E-state index in [1.165, 1.54) is 0 Å². The second-order valence-electron chi connectivity index (χ2n) is 8.90. The fourth-order valence-corrected chi connectivity index (χ4v) is 4.77. The molecule has 0 aromatic heterocycles. The molecule has 0 unspecified atom stereocenters. The Morgan fingerprint density at radius 3 is 2.60 bits per heavy atom. The topological polar surface area (TPSA) is 73.9 Å². The number of dihydropyridines is 1. The summed E-state index contributed by atoms with van der Waals surface area (Å²) in [5, 5.41) is 3.34. The molecule has 1 aliphatic carbocycles. The van der Waals surface area contributed by atoms with Crippen molar-refractivity contribution in [1.82, 2.24) is 5.32 Å². The number of Topliss-reactive ketones (excluding diaryl/α,β-unsaturated/α-hetero) is 1. The van der Waals surface area contributed by atoms with Gasteiger partial charge in [0, 0.05) is 35.7 Å². The Morgan fingerprint density at radius 2 is 1.86 bits per heavy atom. The Labute approximate surface area is 207 Å². The molecular weight excluding hydrogens is 442 g/mol. The molecule has 6 nitrogen and oxygen atoms in total. The number of methoxy groups -OCH3 is 1. The average Bonchev–Trinajstić information content (AvgIpc) is 2.87. The molecule has 2 aromatic rings. The van der Waals surface area contributed by atoms with Gasteiger partial charge in [-0.05, 0) is 49.4 Å². The smallest absolute Gasteiger partial charge is 0.336 e. The van der Waals surface area contributed by atoms with Crippen molar-refractivity contribution in [2.45, 2.75) is 51.9 Å². The van der Waals surface area contributed by atoms with Gasteiger partial charge in [-0.1, -0.05) is 43.3 Å². The van der Waals surface area contributed by atoms with E-state index in [9.17, 15) is 9.59 Å². The zero-order chi connectivity index (χ0) is 24.8. The lowest BCUT2D eigenvalue weighted by atomic mass is 9.75. The molecule has 0 amide bonds. The van der Waals surface area contributed by atoms with Crippen LogP contribution in [0.15, 0.2) is 71.1 Å². The van der Waals surface area contributed by atoms with Crippen LogP contribution in [0.5, 0.6) is 11.5 Å². The predicted octanol–water partition coefficient (Wildman–Crippen LogP) is 5.24. The lowest BCUT2D eigenvalue weighted by Crippen LogP contribution is -2.34. The van der Waals surface area contributed by atoms with Gasteiger partial charge in [0.2, 0.25) is 0 Å². The maximum absolute atomic E-state index is 13.4. The Bertz CT molecular complexity index is 1150. The van der Waals surface area contributed by atoms with Crippen LogP contribution in [0.3, 0.4) is 0 Å². The SMILES string of the molecule is CCCOc1ccc([C@H]2C(C(=O)OCCc3ccccc3)=C(C)NC3=C2C(=O)CCC3)cc1OC. The van der Waals surface area contributed by atoms with E-state index in [1.807, 2.05) is 62.4 Å². The van der Waals surface area contributed by atoms with E-state index < -0.39 is 11.9 Å². The second-order valence-corrected chi connectivity index (χ2v) is 8.90. The van der Waals surface area contributed by atoms with E-state index in [1.54, 1.807) is 7.11 Å². The molecule has 0 radical (unpaired) electrons. The largest absolute Gasteiger partial charge is 0.493 e. The number of ketones is 1. The Morgan fingerprint density at radius 1 is 1.06 bits per heavy atom. The maximum atomic E-state index is 13.4. The Kier molecular flexibility index (Phi) is 7.91. The van der Waals surface area contributed by atoms with Gasteiger partial charge in [0.25, 0.3) is 0 Å². The molecule has 6 heteroatoms. The highest BCUT2D eigenvalue weighted by molar-refractivity contribution is 6.03. The van der Waals surface area contributed by atoms with Crippen molar-refractivity contribution in [3.8, 4) is 11.5 Å². The molecule has 2 aromatic carbocycles. The van der Waals surface area contributed by atoms with Crippen molar-refractivity contribution in [3.63, 3.8) is 0 Å². The maximum Gasteiger partial charge on any atom is 0.336 e. The van der Waals surface area contributed by atoms with Crippen LogP contribution in [0.2, 0.25) is 0 Å². The van der Waals surface area contributed by atoms with Crippen LogP contribution in [0.25, 0.3) is 0 Å². The van der Waals surface area contributed by atoms with Gasteiger partial charge < -0.3 is 19.5 Å². The number of allylic oxidation sites excluding steroid dienone is 3. The third-order valence-electron chi connectivity index (χ3n) is 6.45. The van der Waals surface area contributed by atoms with E-state index in [4.69, 9.17) is 14.2 Å². The monoisotopic (exact) mass is 475 g/mol. The molecule has 0 bridgehead atoms. The van der Waals surface area contributed by atoms with Gasteiger partial charge in [-0.15, -0.1) is 0 Å². The van der Waals surface area contributed by atoms with Crippen molar-refractivity contribution < 1.29 is 23.8 Å². The fourth-order valence-electron chi connectivity index (χ4n) is 4.77. The van der Waals surface area contributed by atoms with Gasteiger partial charge in [-0.25, -0.2) is 4.79 Å². The summed E-state index contributed by atoms with van der Waals surface area (Å²) in [7, 11) is 1.59. The van der Waals surface area contributed by atoms with Gasteiger partial charge in [-0.3, -0.25) is 4.79 Å². The number of benzene rings is 2. The normalized spacial score (nSPS) is 17.6. The summed E-state index contributed by atoms with van der Waals surface area (Å²) < 4.78 is 17.1. The van der Waals surface area contributed by atoms with Crippen LogP contribution in [0, 0.1) is 0 Å². The van der Waals surface area contributed by atoms with E-state index in [-0.39, 0.29) is 12.4 Å². The molecule has 4 rings (SSSR count). The first-order valence-electron chi connectivity index (χ1n) is 12.3. The molecule has 0 fully saturated rings. The zero-order valence-corrected chi connectivity index (χ0v) is 20.7.